The molecule has 18 heavy (non-hydrogen) atoms. The Balaban J connectivity index is 2.67. The normalized spacial score (nSPS) is 18.9. The highest BCUT2D eigenvalue weighted by molar-refractivity contribution is 5.25. The van der Waals surface area contributed by atoms with Gasteiger partial charge in [0.05, 0.1) is 0 Å². The van der Waals surface area contributed by atoms with E-state index in [0.717, 1.165) is 13.3 Å². The lowest BCUT2D eigenvalue weighted by molar-refractivity contribution is -0.0295. The van der Waals surface area contributed by atoms with Crippen molar-refractivity contribution in [2.45, 2.75) is 44.6 Å². The molecule has 1 aliphatic carbocycles. The zero-order valence-corrected chi connectivity index (χ0v) is 10.0. The van der Waals surface area contributed by atoms with Crippen molar-refractivity contribution < 1.29 is 19.1 Å². The molecule has 0 spiro atoms. The molecule has 1 saturated carbocycles. The van der Waals surface area contributed by atoms with Gasteiger partial charge < -0.3 is 10.3 Å². The summed E-state index contributed by atoms with van der Waals surface area (Å²) in [7, 11) is 0. The minimum atomic E-state index is -1.60. The van der Waals surface area contributed by atoms with Crippen molar-refractivity contribution in [3.8, 4) is 0 Å². The van der Waals surface area contributed by atoms with Crippen molar-refractivity contribution in [2.24, 2.45) is 0 Å². The Morgan fingerprint density at radius 3 is 2.28 bits per heavy atom. The number of hydrogen-bond acceptors (Lipinski definition) is 3. The van der Waals surface area contributed by atoms with Gasteiger partial charge in [-0.25, -0.2) is 8.78 Å². The van der Waals surface area contributed by atoms with Gasteiger partial charge in [-0.05, 0) is 19.8 Å². The van der Waals surface area contributed by atoms with Crippen molar-refractivity contribution in [3.63, 3.8) is 0 Å². The molecule has 4 nitrogen and oxygen atoms in total. The van der Waals surface area contributed by atoms with Gasteiger partial charge in [-0.1, -0.05) is 19.3 Å². The molecule has 1 heterocycles. The van der Waals surface area contributed by atoms with E-state index in [1.54, 1.807) is 0 Å². The van der Waals surface area contributed by atoms with Gasteiger partial charge in [-0.2, -0.15) is 0 Å². The van der Waals surface area contributed by atoms with Crippen LogP contribution < -0.4 is 5.56 Å². The molecule has 0 amide bonds. The van der Waals surface area contributed by atoms with Gasteiger partial charge in [0.2, 0.25) is 0 Å². The summed E-state index contributed by atoms with van der Waals surface area (Å²) >= 11 is 0. The molecule has 0 unspecified atom stereocenters. The van der Waals surface area contributed by atoms with Crippen molar-refractivity contribution in [1.29, 1.82) is 0 Å². The molecule has 0 saturated heterocycles. The van der Waals surface area contributed by atoms with Crippen LogP contribution in [-0.2, 0) is 5.60 Å². The molecule has 0 bridgehead atoms. The Morgan fingerprint density at radius 1 is 1.17 bits per heavy atom. The first-order valence-corrected chi connectivity index (χ1v) is 5.91. The highest BCUT2D eigenvalue weighted by atomic mass is 19.1. The predicted molar refractivity (Wildman–Crippen MR) is 59.5 cm³/mol. The van der Waals surface area contributed by atoms with E-state index < -0.39 is 34.1 Å². The summed E-state index contributed by atoms with van der Waals surface area (Å²) in [5.74, 6) is -2.39. The number of pyridine rings is 1. The second-order valence-corrected chi connectivity index (χ2v) is 4.81. The van der Waals surface area contributed by atoms with E-state index in [4.69, 9.17) is 0 Å². The minimum Gasteiger partial charge on any atom is -0.425 e. The van der Waals surface area contributed by atoms with Crippen LogP contribution in [0.3, 0.4) is 0 Å². The van der Waals surface area contributed by atoms with E-state index >= 15 is 0 Å². The molecule has 2 rings (SSSR count). The molecule has 1 aromatic heterocycles. The standard InChI is InChI=1S/C12H15F2NO3/c1-7-8(13)10(15(18)11(16)9(7)14)12(17)5-3-2-4-6-12/h17-18H,2-6H2,1H3. The van der Waals surface area contributed by atoms with Crippen LogP contribution in [0, 0.1) is 18.6 Å². The third-order valence-corrected chi connectivity index (χ3v) is 3.58. The van der Waals surface area contributed by atoms with Crippen molar-refractivity contribution in [1.82, 2.24) is 4.73 Å². The number of halogens is 2. The third-order valence-electron chi connectivity index (χ3n) is 3.58. The van der Waals surface area contributed by atoms with Crippen LogP contribution >= 0.6 is 0 Å². The fraction of sp³-hybridized carbons (Fsp3) is 0.583. The molecule has 2 N–H and O–H groups in total. The van der Waals surface area contributed by atoms with Gasteiger partial charge in [0.25, 0.3) is 0 Å². The van der Waals surface area contributed by atoms with Gasteiger partial charge in [-0.15, -0.1) is 4.73 Å². The zero-order valence-electron chi connectivity index (χ0n) is 10.0. The van der Waals surface area contributed by atoms with E-state index in [-0.39, 0.29) is 17.6 Å². The van der Waals surface area contributed by atoms with E-state index in [2.05, 4.69) is 0 Å². The van der Waals surface area contributed by atoms with Crippen LogP contribution in [-0.4, -0.2) is 15.0 Å². The van der Waals surface area contributed by atoms with Crippen LogP contribution in [0.2, 0.25) is 0 Å². The molecule has 6 heteroatoms. The average molecular weight is 259 g/mol. The highest BCUT2D eigenvalue weighted by Gasteiger charge is 2.38. The third kappa shape index (κ3) is 1.80. The molecule has 0 aromatic carbocycles. The Morgan fingerprint density at radius 2 is 1.72 bits per heavy atom. The van der Waals surface area contributed by atoms with Crippen molar-refractivity contribution in [3.05, 3.63) is 33.2 Å². The van der Waals surface area contributed by atoms with Crippen LogP contribution in [0.1, 0.15) is 43.4 Å². The molecular formula is C12H15F2NO3. The summed E-state index contributed by atoms with van der Waals surface area (Å²) in [6.45, 7) is 1.11. The Hall–Kier alpha value is -1.43. The lowest BCUT2D eigenvalue weighted by Crippen LogP contribution is -2.39. The first kappa shape index (κ1) is 13.0. The molecule has 1 fully saturated rings. The summed E-state index contributed by atoms with van der Waals surface area (Å²) in [5, 5.41) is 19.9. The van der Waals surface area contributed by atoms with E-state index in [1.807, 2.05) is 0 Å². The maximum absolute atomic E-state index is 14.0. The number of nitrogens with zero attached hydrogens (tertiary/aromatic N) is 1. The smallest absolute Gasteiger partial charge is 0.319 e. The fourth-order valence-corrected chi connectivity index (χ4v) is 2.50. The first-order chi connectivity index (χ1) is 8.38. The molecular weight excluding hydrogens is 244 g/mol. The average Bonchev–Trinajstić information content (AvgIpc) is 2.35. The maximum Gasteiger partial charge on any atom is 0.319 e. The van der Waals surface area contributed by atoms with Gasteiger partial charge in [-0.3, -0.25) is 4.79 Å². The summed E-state index contributed by atoms with van der Waals surface area (Å²) in [4.78, 5) is 11.4. The van der Waals surface area contributed by atoms with E-state index in [1.165, 1.54) is 0 Å². The summed E-state index contributed by atoms with van der Waals surface area (Å²) < 4.78 is 27.2. The topological polar surface area (TPSA) is 62.5 Å². The first-order valence-electron chi connectivity index (χ1n) is 5.91. The molecule has 0 atom stereocenters. The van der Waals surface area contributed by atoms with Crippen LogP contribution in [0.25, 0.3) is 0 Å². The van der Waals surface area contributed by atoms with Crippen molar-refractivity contribution in [2.75, 3.05) is 0 Å². The Kier molecular flexibility index (Phi) is 3.14. The monoisotopic (exact) mass is 259 g/mol. The SMILES string of the molecule is Cc1c(F)c(C2(O)CCCCC2)n(O)c(=O)c1F. The summed E-state index contributed by atoms with van der Waals surface area (Å²) in [6.07, 6.45) is 2.73. The largest absolute Gasteiger partial charge is 0.425 e. The zero-order chi connectivity index (χ0) is 13.5. The number of aromatic nitrogens is 1. The Bertz CT molecular complexity index is 533. The fourth-order valence-electron chi connectivity index (χ4n) is 2.50. The minimum absolute atomic E-state index is 0.0943. The van der Waals surface area contributed by atoms with Crippen molar-refractivity contribution >= 4 is 0 Å². The Labute approximate surface area is 102 Å². The van der Waals surface area contributed by atoms with Gasteiger partial charge >= 0.3 is 5.56 Å². The summed E-state index contributed by atoms with van der Waals surface area (Å²) in [6, 6.07) is 0. The molecule has 1 aliphatic rings. The lowest BCUT2D eigenvalue weighted by Gasteiger charge is -2.33. The van der Waals surface area contributed by atoms with Crippen LogP contribution in [0.4, 0.5) is 8.78 Å². The highest BCUT2D eigenvalue weighted by Crippen LogP contribution is 2.38. The molecule has 100 valence electrons. The molecule has 0 aliphatic heterocycles. The van der Waals surface area contributed by atoms with E-state index in [9.17, 15) is 23.9 Å². The molecule has 0 radical (unpaired) electrons. The van der Waals surface area contributed by atoms with Gasteiger partial charge in [0.15, 0.2) is 11.6 Å². The quantitative estimate of drug-likeness (QED) is 0.756. The second-order valence-electron chi connectivity index (χ2n) is 4.81. The van der Waals surface area contributed by atoms with Crippen LogP contribution in [0.5, 0.6) is 0 Å². The summed E-state index contributed by atoms with van der Waals surface area (Å²) in [5.41, 5.74) is -3.93. The van der Waals surface area contributed by atoms with Gasteiger partial charge in [0.1, 0.15) is 11.3 Å². The maximum atomic E-state index is 14.0. The number of rotatable bonds is 1. The van der Waals surface area contributed by atoms with E-state index in [0.29, 0.717) is 12.8 Å². The predicted octanol–water partition coefficient (Wildman–Crippen LogP) is 1.82. The second kappa shape index (κ2) is 4.35. The van der Waals surface area contributed by atoms with Gasteiger partial charge in [0, 0.05) is 5.56 Å². The number of aliphatic hydroxyl groups is 1. The molecule has 1 aromatic rings. The van der Waals surface area contributed by atoms with Crippen LogP contribution in [0.15, 0.2) is 4.79 Å². The lowest BCUT2D eigenvalue weighted by atomic mass is 9.81. The number of hydrogen-bond donors (Lipinski definition) is 2.